The van der Waals surface area contributed by atoms with E-state index in [1.807, 2.05) is 13.8 Å². The van der Waals surface area contributed by atoms with Crippen molar-refractivity contribution >= 4 is 50.7 Å². The summed E-state index contributed by atoms with van der Waals surface area (Å²) in [4.78, 5) is 28.8. The molecule has 8 nitrogen and oxygen atoms in total. The summed E-state index contributed by atoms with van der Waals surface area (Å²) in [5, 5.41) is 3.67. The number of benzene rings is 3. The predicted molar refractivity (Wildman–Crippen MR) is 168 cm³/mol. The van der Waals surface area contributed by atoms with Crippen molar-refractivity contribution in [2.75, 3.05) is 24.0 Å². The van der Waals surface area contributed by atoms with E-state index >= 15 is 0 Å². The zero-order valence-corrected chi connectivity index (χ0v) is 26.4. The molecule has 11 heteroatoms. The number of ether oxygens (including phenoxy) is 1. The van der Waals surface area contributed by atoms with Gasteiger partial charge in [0, 0.05) is 23.1 Å². The third-order valence-electron chi connectivity index (χ3n) is 6.62. The molecule has 3 aromatic carbocycles. The number of unbranched alkanes of at least 4 members (excludes halogenated alkanes) is 1. The van der Waals surface area contributed by atoms with Gasteiger partial charge in [-0.05, 0) is 73.9 Å². The number of rotatable bonds is 15. The quantitative estimate of drug-likeness (QED) is 0.198. The Morgan fingerprint density at radius 3 is 2.24 bits per heavy atom. The van der Waals surface area contributed by atoms with Crippen molar-refractivity contribution in [1.82, 2.24) is 10.2 Å². The average Bonchev–Trinajstić information content (AvgIpc) is 2.98. The van der Waals surface area contributed by atoms with E-state index in [4.69, 9.17) is 27.9 Å². The smallest absolute Gasteiger partial charge is 0.264 e. The van der Waals surface area contributed by atoms with Crippen LogP contribution in [-0.2, 0) is 26.2 Å². The number of nitrogens with one attached hydrogen (secondary N) is 1. The monoisotopic (exact) mass is 633 g/mol. The van der Waals surface area contributed by atoms with Crippen molar-refractivity contribution in [3.8, 4) is 5.75 Å². The third kappa shape index (κ3) is 8.63. The van der Waals surface area contributed by atoms with E-state index in [0.717, 1.165) is 17.1 Å². The fourth-order valence-corrected chi connectivity index (χ4v) is 6.29. The number of hydrogen-bond donors (Lipinski definition) is 1. The minimum Gasteiger partial charge on any atom is -0.494 e. The summed E-state index contributed by atoms with van der Waals surface area (Å²) in [6, 6.07) is 18.4. The molecule has 0 radical (unpaired) electrons. The van der Waals surface area contributed by atoms with Gasteiger partial charge in [-0.25, -0.2) is 8.42 Å². The summed E-state index contributed by atoms with van der Waals surface area (Å²) in [5.41, 5.74) is 0.855. The van der Waals surface area contributed by atoms with Gasteiger partial charge in [-0.3, -0.25) is 13.9 Å². The van der Waals surface area contributed by atoms with Gasteiger partial charge in [0.2, 0.25) is 11.8 Å². The van der Waals surface area contributed by atoms with E-state index < -0.39 is 28.5 Å². The highest BCUT2D eigenvalue weighted by Gasteiger charge is 2.34. The Morgan fingerprint density at radius 1 is 0.952 bits per heavy atom. The summed E-state index contributed by atoms with van der Waals surface area (Å²) < 4.78 is 34.4. The van der Waals surface area contributed by atoms with Crippen molar-refractivity contribution in [1.29, 1.82) is 0 Å². The number of anilines is 1. The van der Waals surface area contributed by atoms with Crippen LogP contribution in [0, 0.1) is 0 Å². The van der Waals surface area contributed by atoms with Crippen LogP contribution in [0.1, 0.15) is 45.6 Å². The molecule has 3 aromatic rings. The predicted octanol–water partition coefficient (Wildman–Crippen LogP) is 6.31. The number of carbonyl (C=O) groups excluding carboxylic acids is 2. The number of amides is 2. The van der Waals surface area contributed by atoms with Gasteiger partial charge in [-0.1, -0.05) is 67.7 Å². The van der Waals surface area contributed by atoms with Gasteiger partial charge in [0.15, 0.2) is 0 Å². The maximum Gasteiger partial charge on any atom is 0.264 e. The first-order valence-electron chi connectivity index (χ1n) is 13.9. The van der Waals surface area contributed by atoms with Crippen molar-refractivity contribution < 1.29 is 22.7 Å². The first-order chi connectivity index (χ1) is 20.1. The van der Waals surface area contributed by atoms with Gasteiger partial charge in [0.1, 0.15) is 18.3 Å². The largest absolute Gasteiger partial charge is 0.494 e. The molecule has 1 atom stereocenters. The lowest BCUT2D eigenvalue weighted by Crippen LogP contribution is -2.52. The second-order valence-corrected chi connectivity index (χ2v) is 12.3. The first kappa shape index (κ1) is 33.2. The van der Waals surface area contributed by atoms with E-state index in [1.165, 1.54) is 17.0 Å². The molecule has 3 rings (SSSR count). The van der Waals surface area contributed by atoms with Crippen LogP contribution in [0.2, 0.25) is 10.0 Å². The Kier molecular flexibility index (Phi) is 12.5. The van der Waals surface area contributed by atoms with Gasteiger partial charge in [-0.2, -0.15) is 0 Å². The summed E-state index contributed by atoms with van der Waals surface area (Å²) in [6.07, 6.45) is 2.00. The van der Waals surface area contributed by atoms with Gasteiger partial charge in [0.05, 0.1) is 17.2 Å². The fourth-order valence-electron chi connectivity index (χ4n) is 4.38. The number of halogens is 2. The second kappa shape index (κ2) is 15.8. The Bertz CT molecular complexity index is 1440. The van der Waals surface area contributed by atoms with Crippen LogP contribution in [0.15, 0.2) is 77.7 Å². The highest BCUT2D eigenvalue weighted by atomic mass is 35.5. The topological polar surface area (TPSA) is 96.0 Å². The molecule has 0 aliphatic rings. The van der Waals surface area contributed by atoms with E-state index in [9.17, 15) is 18.0 Å². The molecule has 0 bridgehead atoms. The maximum absolute atomic E-state index is 14.1. The summed E-state index contributed by atoms with van der Waals surface area (Å²) in [7, 11) is -4.16. The lowest BCUT2D eigenvalue weighted by atomic mass is 10.1. The lowest BCUT2D eigenvalue weighted by Gasteiger charge is -2.33. The molecule has 0 saturated carbocycles. The molecule has 1 unspecified atom stereocenters. The van der Waals surface area contributed by atoms with Crippen LogP contribution in [-0.4, -0.2) is 50.9 Å². The molecule has 1 N–H and O–H groups in total. The van der Waals surface area contributed by atoms with Crippen LogP contribution in [0.5, 0.6) is 5.75 Å². The van der Waals surface area contributed by atoms with E-state index in [-0.39, 0.29) is 23.0 Å². The molecule has 0 spiro atoms. The van der Waals surface area contributed by atoms with Crippen molar-refractivity contribution in [2.45, 2.75) is 57.5 Å². The van der Waals surface area contributed by atoms with Gasteiger partial charge in [-0.15, -0.1) is 0 Å². The molecule has 226 valence electrons. The molecule has 0 aliphatic heterocycles. The van der Waals surface area contributed by atoms with Crippen LogP contribution < -0.4 is 14.4 Å². The fraction of sp³-hybridized carbons (Fsp3) is 0.355. The Balaban J connectivity index is 2.05. The standard InChI is InChI=1S/C31H37Cl2N3O5S/c1-4-7-19-34-31(38)29(5-2)35(21-23-13-14-24(32)20-28(23)33)30(37)22-36(25-15-17-26(18-16-25)41-6-3)42(39,40)27-11-9-8-10-12-27/h8-18,20,29H,4-7,19,21-22H2,1-3H3,(H,34,38). The highest BCUT2D eigenvalue weighted by Crippen LogP contribution is 2.28. The number of sulfonamides is 1. The zero-order valence-electron chi connectivity index (χ0n) is 24.1. The highest BCUT2D eigenvalue weighted by molar-refractivity contribution is 7.92. The second-order valence-electron chi connectivity index (χ2n) is 9.58. The van der Waals surface area contributed by atoms with Gasteiger partial charge >= 0.3 is 0 Å². The van der Waals surface area contributed by atoms with Crippen molar-refractivity contribution in [3.05, 3.63) is 88.4 Å². The van der Waals surface area contributed by atoms with Gasteiger partial charge < -0.3 is 15.0 Å². The number of hydrogen-bond acceptors (Lipinski definition) is 5. The molecular weight excluding hydrogens is 597 g/mol. The Labute approximate surface area is 258 Å². The molecule has 0 aliphatic carbocycles. The third-order valence-corrected chi connectivity index (χ3v) is 8.99. The minimum absolute atomic E-state index is 0.0168. The normalized spacial score (nSPS) is 11.9. The molecule has 2 amide bonds. The van der Waals surface area contributed by atoms with Crippen LogP contribution >= 0.6 is 23.2 Å². The molecule has 0 fully saturated rings. The summed E-state index contributed by atoms with van der Waals surface area (Å²) in [5.74, 6) is -0.312. The zero-order chi connectivity index (χ0) is 30.7. The van der Waals surface area contributed by atoms with Crippen LogP contribution in [0.25, 0.3) is 0 Å². The summed E-state index contributed by atoms with van der Waals surface area (Å²) >= 11 is 12.6. The van der Waals surface area contributed by atoms with Crippen molar-refractivity contribution in [3.63, 3.8) is 0 Å². The molecule has 0 aromatic heterocycles. The molecular formula is C31H37Cl2N3O5S. The average molecular weight is 635 g/mol. The SMILES string of the molecule is CCCCNC(=O)C(CC)N(Cc1ccc(Cl)cc1Cl)C(=O)CN(c1ccc(OCC)cc1)S(=O)(=O)c1ccccc1. The van der Waals surface area contributed by atoms with Crippen molar-refractivity contribution in [2.24, 2.45) is 0 Å². The molecule has 42 heavy (non-hydrogen) atoms. The van der Waals surface area contributed by atoms with E-state index in [2.05, 4.69) is 5.32 Å². The number of nitrogens with zero attached hydrogens (tertiary/aromatic N) is 2. The lowest BCUT2D eigenvalue weighted by molar-refractivity contribution is -0.140. The van der Waals surface area contributed by atoms with Crippen LogP contribution in [0.3, 0.4) is 0 Å². The minimum atomic E-state index is -4.16. The molecule has 0 saturated heterocycles. The van der Waals surface area contributed by atoms with Gasteiger partial charge in [0.25, 0.3) is 10.0 Å². The number of carbonyl (C=O) groups is 2. The van der Waals surface area contributed by atoms with E-state index in [1.54, 1.807) is 67.6 Å². The Morgan fingerprint density at radius 2 is 1.64 bits per heavy atom. The maximum atomic E-state index is 14.1. The first-order valence-corrected chi connectivity index (χ1v) is 16.1. The van der Waals surface area contributed by atoms with E-state index in [0.29, 0.717) is 40.9 Å². The molecule has 0 heterocycles. The summed E-state index contributed by atoms with van der Waals surface area (Å²) in [6.45, 7) is 6.03. The Hall–Kier alpha value is -3.27. The van der Waals surface area contributed by atoms with Crippen LogP contribution in [0.4, 0.5) is 5.69 Å².